The second-order valence-electron chi connectivity index (χ2n) is 7.68. The largest absolute Gasteiger partial charge is 0.339 e. The first kappa shape index (κ1) is 21.0. The fraction of sp³-hybridized carbons (Fsp3) is 0.545. The van der Waals surface area contributed by atoms with Gasteiger partial charge in [-0.05, 0) is 51.0 Å². The smallest absolute Gasteiger partial charge is 0.253 e. The van der Waals surface area contributed by atoms with Crippen LogP contribution in [0.1, 0.15) is 56.3 Å². The Hall–Kier alpha value is -2.70. The van der Waals surface area contributed by atoms with E-state index in [0.717, 1.165) is 25.7 Å². The van der Waals surface area contributed by atoms with Crippen molar-refractivity contribution >= 4 is 29.3 Å². The van der Waals surface area contributed by atoms with Crippen LogP contribution >= 0.6 is 0 Å². The molecule has 1 saturated heterocycles. The lowest BCUT2D eigenvalue weighted by molar-refractivity contribution is -0.140. The molecule has 1 saturated carbocycles. The number of hydrogen-bond donors (Lipinski definition) is 1. The first-order valence-corrected chi connectivity index (χ1v) is 10.5. The molecule has 7 nitrogen and oxygen atoms in total. The maximum atomic E-state index is 12.5. The van der Waals surface area contributed by atoms with Gasteiger partial charge in [0.15, 0.2) is 0 Å². The van der Waals surface area contributed by atoms with Gasteiger partial charge in [0, 0.05) is 37.3 Å². The van der Waals surface area contributed by atoms with Crippen LogP contribution in [0.25, 0.3) is 0 Å². The number of likely N-dealkylation sites (tertiary alicyclic amines) is 1. The summed E-state index contributed by atoms with van der Waals surface area (Å²) in [6, 6.07) is 6.76. The number of fused-ring (bicyclic) bond motifs is 1. The molecule has 2 aliphatic rings. The van der Waals surface area contributed by atoms with Crippen LogP contribution in [0, 0.1) is 11.8 Å². The highest BCUT2D eigenvalue weighted by Crippen LogP contribution is 2.37. The predicted octanol–water partition coefficient (Wildman–Crippen LogP) is 2.67. The molecule has 1 heterocycles. The van der Waals surface area contributed by atoms with E-state index in [1.54, 1.807) is 29.2 Å². The van der Waals surface area contributed by atoms with Crippen LogP contribution in [-0.4, -0.2) is 53.1 Å². The van der Waals surface area contributed by atoms with Crippen LogP contribution < -0.4 is 5.32 Å². The van der Waals surface area contributed by atoms with E-state index < -0.39 is 0 Å². The van der Waals surface area contributed by atoms with Crippen molar-refractivity contribution in [1.29, 1.82) is 0 Å². The maximum Gasteiger partial charge on any atom is 0.253 e. The third-order valence-electron chi connectivity index (χ3n) is 5.96. The zero-order valence-electron chi connectivity index (χ0n) is 17.1. The van der Waals surface area contributed by atoms with Gasteiger partial charge in [-0.2, -0.15) is 0 Å². The molecule has 0 spiro atoms. The van der Waals surface area contributed by atoms with Crippen LogP contribution in [0.3, 0.4) is 0 Å². The fourth-order valence-electron chi connectivity index (χ4n) is 4.28. The quantitative estimate of drug-likeness (QED) is 0.714. The molecule has 29 heavy (non-hydrogen) atoms. The first-order valence-electron chi connectivity index (χ1n) is 10.5. The average Bonchev–Trinajstić information content (AvgIpc) is 2.98. The van der Waals surface area contributed by atoms with Gasteiger partial charge in [-0.25, -0.2) is 0 Å². The van der Waals surface area contributed by atoms with Crippen LogP contribution in [-0.2, 0) is 14.4 Å². The monoisotopic (exact) mass is 399 g/mol. The number of benzene rings is 1. The Morgan fingerprint density at radius 1 is 1.00 bits per heavy atom. The molecule has 2 atom stereocenters. The standard InChI is InChI=1S/C22H29N3O4/c1-3-24(4-2)20(27)15-9-11-16(12-10-15)23-19(26)13-14-25-21(28)17-7-5-6-8-18(17)22(25)29/h9-12,17-18H,3-8,13-14H2,1-2H3,(H,23,26)/t17-,18-/m1/s1. The van der Waals surface area contributed by atoms with Crippen molar-refractivity contribution in [3.63, 3.8) is 0 Å². The Bertz CT molecular complexity index is 762. The minimum atomic E-state index is -0.261. The second kappa shape index (κ2) is 9.20. The van der Waals surface area contributed by atoms with E-state index in [0.29, 0.717) is 24.3 Å². The van der Waals surface area contributed by atoms with Gasteiger partial charge >= 0.3 is 0 Å². The summed E-state index contributed by atoms with van der Waals surface area (Å²) in [4.78, 5) is 52.5. The van der Waals surface area contributed by atoms with Crippen LogP contribution in [0.15, 0.2) is 24.3 Å². The average molecular weight is 399 g/mol. The van der Waals surface area contributed by atoms with Crippen LogP contribution in [0.2, 0.25) is 0 Å². The highest BCUT2D eigenvalue weighted by Gasteiger charge is 2.47. The van der Waals surface area contributed by atoms with Crippen LogP contribution in [0.4, 0.5) is 5.69 Å². The van der Waals surface area contributed by atoms with E-state index in [2.05, 4.69) is 5.32 Å². The summed E-state index contributed by atoms with van der Waals surface area (Å²) >= 11 is 0. The minimum Gasteiger partial charge on any atom is -0.339 e. The summed E-state index contributed by atoms with van der Waals surface area (Å²) in [6.45, 7) is 5.27. The second-order valence-corrected chi connectivity index (χ2v) is 7.68. The lowest BCUT2D eigenvalue weighted by Crippen LogP contribution is -2.34. The van der Waals surface area contributed by atoms with Gasteiger partial charge in [0.1, 0.15) is 0 Å². The third kappa shape index (κ3) is 4.49. The molecule has 3 rings (SSSR count). The molecular formula is C22H29N3O4. The zero-order valence-corrected chi connectivity index (χ0v) is 17.1. The molecule has 0 radical (unpaired) electrons. The molecule has 1 N–H and O–H groups in total. The van der Waals surface area contributed by atoms with Gasteiger partial charge in [0.2, 0.25) is 17.7 Å². The number of carbonyl (C=O) groups is 4. The Labute approximate surface area is 171 Å². The van der Waals surface area contributed by atoms with Gasteiger partial charge in [-0.3, -0.25) is 24.1 Å². The Morgan fingerprint density at radius 2 is 1.55 bits per heavy atom. The number of nitrogens with one attached hydrogen (secondary N) is 1. The molecule has 1 aliphatic carbocycles. The highest BCUT2D eigenvalue weighted by atomic mass is 16.2. The van der Waals surface area contributed by atoms with Gasteiger partial charge in [-0.15, -0.1) is 0 Å². The molecule has 4 amide bonds. The van der Waals surface area contributed by atoms with Crippen molar-refractivity contribution in [2.75, 3.05) is 25.0 Å². The third-order valence-corrected chi connectivity index (χ3v) is 5.96. The Kier molecular flexibility index (Phi) is 6.67. The molecule has 0 unspecified atom stereocenters. The molecule has 1 aromatic carbocycles. The number of hydrogen-bond acceptors (Lipinski definition) is 4. The fourth-order valence-corrected chi connectivity index (χ4v) is 4.28. The van der Waals surface area contributed by atoms with Crippen molar-refractivity contribution in [2.45, 2.75) is 46.0 Å². The Balaban J connectivity index is 1.53. The molecular weight excluding hydrogens is 370 g/mol. The van der Waals surface area contributed by atoms with Gasteiger partial charge < -0.3 is 10.2 Å². The lowest BCUT2D eigenvalue weighted by atomic mass is 9.81. The summed E-state index contributed by atoms with van der Waals surface area (Å²) < 4.78 is 0. The minimum absolute atomic E-state index is 0.0413. The molecule has 7 heteroatoms. The summed E-state index contributed by atoms with van der Waals surface area (Å²) in [5.41, 5.74) is 1.15. The molecule has 1 aromatic rings. The number of imide groups is 1. The number of carbonyl (C=O) groups excluding carboxylic acids is 4. The zero-order chi connectivity index (χ0) is 21.0. The van der Waals surface area contributed by atoms with Gasteiger partial charge in [0.05, 0.1) is 11.8 Å². The normalized spacial score (nSPS) is 21.1. The lowest BCUT2D eigenvalue weighted by Gasteiger charge is -2.19. The topological polar surface area (TPSA) is 86.8 Å². The molecule has 1 aliphatic heterocycles. The van der Waals surface area contributed by atoms with E-state index in [4.69, 9.17) is 0 Å². The molecule has 0 bridgehead atoms. The van der Waals surface area contributed by atoms with E-state index in [9.17, 15) is 19.2 Å². The Morgan fingerprint density at radius 3 is 2.07 bits per heavy atom. The van der Waals surface area contributed by atoms with Gasteiger partial charge in [0.25, 0.3) is 5.91 Å². The SMILES string of the molecule is CCN(CC)C(=O)c1ccc(NC(=O)CCN2C(=O)[C@@H]3CCCC[C@H]3C2=O)cc1. The van der Waals surface area contributed by atoms with Gasteiger partial charge in [-0.1, -0.05) is 12.8 Å². The van der Waals surface area contributed by atoms with E-state index in [-0.39, 0.29) is 48.4 Å². The summed E-state index contributed by atoms with van der Waals surface area (Å²) in [5, 5.41) is 2.77. The van der Waals surface area contributed by atoms with Crippen molar-refractivity contribution in [2.24, 2.45) is 11.8 Å². The van der Waals surface area contributed by atoms with E-state index in [1.165, 1.54) is 4.90 Å². The van der Waals surface area contributed by atoms with E-state index >= 15 is 0 Å². The summed E-state index contributed by atoms with van der Waals surface area (Å²) in [5.74, 6) is -0.910. The summed E-state index contributed by atoms with van der Waals surface area (Å²) in [7, 11) is 0. The molecule has 0 aromatic heterocycles. The highest BCUT2D eigenvalue weighted by molar-refractivity contribution is 6.05. The predicted molar refractivity (Wildman–Crippen MR) is 109 cm³/mol. The number of rotatable bonds is 7. The van der Waals surface area contributed by atoms with Crippen molar-refractivity contribution in [3.05, 3.63) is 29.8 Å². The molecule has 156 valence electrons. The number of anilines is 1. The molecule has 2 fully saturated rings. The number of nitrogens with zero attached hydrogens (tertiary/aromatic N) is 2. The maximum absolute atomic E-state index is 12.5. The number of amides is 4. The van der Waals surface area contributed by atoms with Crippen molar-refractivity contribution in [1.82, 2.24) is 9.80 Å². The van der Waals surface area contributed by atoms with Crippen molar-refractivity contribution in [3.8, 4) is 0 Å². The first-order chi connectivity index (χ1) is 14.0. The van der Waals surface area contributed by atoms with E-state index in [1.807, 2.05) is 13.8 Å². The van der Waals surface area contributed by atoms with Crippen molar-refractivity contribution < 1.29 is 19.2 Å². The summed E-state index contributed by atoms with van der Waals surface area (Å²) in [6.07, 6.45) is 3.59. The van der Waals surface area contributed by atoms with Crippen LogP contribution in [0.5, 0.6) is 0 Å².